The number of nitrogens with zero attached hydrogens (tertiary/aromatic N) is 1. The number of amides is 2. The lowest BCUT2D eigenvalue weighted by Gasteiger charge is -2.60. The number of thiazole rings is 1. The number of fused-ring (bicyclic) bond motifs is 5. The highest BCUT2D eigenvalue weighted by atomic mass is 32.1. The monoisotopic (exact) mass is 401 g/mol. The number of aromatic nitrogens is 1. The first kappa shape index (κ1) is 18.6. The van der Waals surface area contributed by atoms with Gasteiger partial charge in [0.2, 0.25) is 11.8 Å². The molecule has 28 heavy (non-hydrogen) atoms. The van der Waals surface area contributed by atoms with E-state index in [1.165, 1.54) is 30.6 Å². The predicted octanol–water partition coefficient (Wildman–Crippen LogP) is 4.22. The second-order valence-electron chi connectivity index (χ2n) is 10.1. The molecule has 5 rings (SSSR count). The molecule has 7 atom stereocenters. The zero-order chi connectivity index (χ0) is 19.5. The molecule has 0 bridgehead atoms. The van der Waals surface area contributed by atoms with Gasteiger partial charge in [0.25, 0.3) is 0 Å². The van der Waals surface area contributed by atoms with Crippen LogP contribution in [0, 0.1) is 34.5 Å². The minimum absolute atomic E-state index is 0.0962. The maximum absolute atomic E-state index is 13.1. The Labute approximate surface area is 171 Å². The lowest BCUT2D eigenvalue weighted by atomic mass is 9.47. The molecule has 4 fully saturated rings. The van der Waals surface area contributed by atoms with Gasteiger partial charge in [-0.15, -0.1) is 11.3 Å². The first-order chi connectivity index (χ1) is 13.4. The molecule has 1 aromatic rings. The minimum atomic E-state index is 0.0962. The van der Waals surface area contributed by atoms with Crippen LogP contribution in [0.5, 0.6) is 0 Å². The fourth-order valence-electron chi connectivity index (χ4n) is 7.61. The molecule has 1 saturated heterocycles. The van der Waals surface area contributed by atoms with Crippen molar-refractivity contribution in [3.05, 3.63) is 11.6 Å². The molecule has 2 amide bonds. The first-order valence-electron chi connectivity index (χ1n) is 10.9. The van der Waals surface area contributed by atoms with E-state index >= 15 is 0 Å². The Morgan fingerprint density at radius 2 is 1.96 bits per heavy atom. The molecule has 5 nitrogen and oxygen atoms in total. The summed E-state index contributed by atoms with van der Waals surface area (Å²) in [5, 5.41) is 9.00. The normalized spacial score (nSPS) is 44.8. The molecule has 3 aliphatic carbocycles. The number of rotatable bonds is 2. The van der Waals surface area contributed by atoms with E-state index in [1.54, 1.807) is 6.20 Å². The number of hydrogen-bond donors (Lipinski definition) is 2. The van der Waals surface area contributed by atoms with Crippen LogP contribution in [0.4, 0.5) is 5.13 Å². The molecule has 0 spiro atoms. The number of hydrogen-bond acceptors (Lipinski definition) is 4. The fourth-order valence-corrected chi connectivity index (χ4v) is 8.14. The van der Waals surface area contributed by atoms with E-state index in [2.05, 4.69) is 29.5 Å². The van der Waals surface area contributed by atoms with Gasteiger partial charge in [0.1, 0.15) is 0 Å². The van der Waals surface area contributed by atoms with Crippen LogP contribution < -0.4 is 10.6 Å². The summed E-state index contributed by atoms with van der Waals surface area (Å²) in [7, 11) is 0. The summed E-state index contributed by atoms with van der Waals surface area (Å²) in [6.45, 7) is 4.81. The van der Waals surface area contributed by atoms with Crippen molar-refractivity contribution in [2.24, 2.45) is 34.5 Å². The Morgan fingerprint density at radius 1 is 1.14 bits per heavy atom. The van der Waals surface area contributed by atoms with Crippen LogP contribution in [0.25, 0.3) is 0 Å². The molecule has 6 heteroatoms. The third-order valence-corrected chi connectivity index (χ3v) is 9.76. The van der Waals surface area contributed by atoms with Crippen molar-refractivity contribution in [3.63, 3.8) is 0 Å². The van der Waals surface area contributed by atoms with Crippen molar-refractivity contribution in [1.82, 2.24) is 10.3 Å². The largest absolute Gasteiger partial charge is 0.353 e. The van der Waals surface area contributed by atoms with E-state index < -0.39 is 0 Å². The van der Waals surface area contributed by atoms with Crippen LogP contribution in [-0.4, -0.2) is 22.8 Å². The highest BCUT2D eigenvalue weighted by molar-refractivity contribution is 7.13. The van der Waals surface area contributed by atoms with Crippen LogP contribution in [0.1, 0.15) is 65.2 Å². The predicted molar refractivity (Wildman–Crippen MR) is 110 cm³/mol. The van der Waals surface area contributed by atoms with Gasteiger partial charge in [0, 0.05) is 30.0 Å². The summed E-state index contributed by atoms with van der Waals surface area (Å²) < 4.78 is 0. The Balaban J connectivity index is 1.36. The van der Waals surface area contributed by atoms with Crippen molar-refractivity contribution >= 4 is 28.3 Å². The van der Waals surface area contributed by atoms with Gasteiger partial charge in [-0.1, -0.05) is 13.8 Å². The summed E-state index contributed by atoms with van der Waals surface area (Å²) in [6, 6.07) is 0.352. The van der Waals surface area contributed by atoms with E-state index in [0.717, 1.165) is 30.8 Å². The van der Waals surface area contributed by atoms with Crippen LogP contribution in [0.15, 0.2) is 11.6 Å². The van der Waals surface area contributed by atoms with Crippen molar-refractivity contribution in [2.75, 3.05) is 5.32 Å². The van der Waals surface area contributed by atoms with Crippen molar-refractivity contribution in [2.45, 2.75) is 71.3 Å². The average molecular weight is 402 g/mol. The van der Waals surface area contributed by atoms with Gasteiger partial charge in [-0.25, -0.2) is 4.98 Å². The third kappa shape index (κ3) is 2.66. The smallest absolute Gasteiger partial charge is 0.229 e. The Morgan fingerprint density at radius 3 is 2.75 bits per heavy atom. The zero-order valence-electron chi connectivity index (χ0n) is 16.9. The summed E-state index contributed by atoms with van der Waals surface area (Å²) in [6.07, 6.45) is 10.2. The molecule has 1 aliphatic heterocycles. The van der Waals surface area contributed by atoms with Crippen LogP contribution >= 0.6 is 11.3 Å². The lowest BCUT2D eigenvalue weighted by Crippen LogP contribution is -2.61. The van der Waals surface area contributed by atoms with Crippen molar-refractivity contribution < 1.29 is 9.59 Å². The van der Waals surface area contributed by atoms with Crippen LogP contribution in [-0.2, 0) is 9.59 Å². The van der Waals surface area contributed by atoms with E-state index in [9.17, 15) is 9.59 Å². The van der Waals surface area contributed by atoms with Gasteiger partial charge in [0.05, 0.1) is 0 Å². The molecule has 4 aliphatic rings. The fraction of sp³-hybridized carbons (Fsp3) is 0.773. The Bertz CT molecular complexity index is 781. The molecular weight excluding hydrogens is 370 g/mol. The van der Waals surface area contributed by atoms with Gasteiger partial charge in [-0.2, -0.15) is 0 Å². The highest BCUT2D eigenvalue weighted by Crippen LogP contribution is 2.65. The quantitative estimate of drug-likeness (QED) is 0.779. The summed E-state index contributed by atoms with van der Waals surface area (Å²) >= 11 is 1.49. The molecule has 0 radical (unpaired) electrons. The number of piperidine rings is 1. The molecule has 152 valence electrons. The molecular formula is C22H31N3O2S. The number of nitrogens with one attached hydrogen (secondary N) is 2. The zero-order valence-corrected chi connectivity index (χ0v) is 17.7. The molecule has 3 saturated carbocycles. The molecule has 1 aromatic heterocycles. The van der Waals surface area contributed by atoms with E-state index in [1.807, 2.05) is 5.38 Å². The SMILES string of the molecule is C[C@]12CCC(=O)N[C@@H]1CC[C@@H]1[C@@H]2CC[C@]2(C)[C@@H](C(=O)Nc3nccs3)CC[C@@H]12. The maximum atomic E-state index is 13.1. The molecule has 0 unspecified atom stereocenters. The maximum Gasteiger partial charge on any atom is 0.229 e. The van der Waals surface area contributed by atoms with Crippen molar-refractivity contribution in [1.29, 1.82) is 0 Å². The standard InChI is InChI=1S/C22H31N3O2S/c1-21-9-7-15-13(3-6-17-22(15,2)10-8-18(26)24-17)14(21)4-5-16(21)19(27)25-20-23-11-12-28-20/h11-17H,3-10H2,1-2H3,(H,24,26)(H,23,25,27)/t13-,14-,15-,16+,17+,21-,22+/m0/s1. The summed E-state index contributed by atoms with van der Waals surface area (Å²) in [5.41, 5.74) is 0.336. The molecule has 0 aromatic carbocycles. The van der Waals surface area contributed by atoms with Gasteiger partial charge >= 0.3 is 0 Å². The molecule has 2 N–H and O–H groups in total. The minimum Gasteiger partial charge on any atom is -0.353 e. The first-order valence-corrected chi connectivity index (χ1v) is 11.8. The van der Waals surface area contributed by atoms with E-state index in [0.29, 0.717) is 30.2 Å². The second kappa shape index (κ2) is 6.54. The van der Waals surface area contributed by atoms with Gasteiger partial charge in [-0.05, 0) is 73.5 Å². The number of carbonyl (C=O) groups excluding carboxylic acids is 2. The summed E-state index contributed by atoms with van der Waals surface area (Å²) in [5.74, 6) is 2.52. The number of anilines is 1. The van der Waals surface area contributed by atoms with E-state index in [-0.39, 0.29) is 28.6 Å². The van der Waals surface area contributed by atoms with Gasteiger partial charge in [0.15, 0.2) is 5.13 Å². The Kier molecular flexibility index (Phi) is 4.34. The lowest BCUT2D eigenvalue weighted by molar-refractivity contribution is -0.140. The van der Waals surface area contributed by atoms with Crippen molar-refractivity contribution in [3.8, 4) is 0 Å². The average Bonchev–Trinajstić information content (AvgIpc) is 3.29. The van der Waals surface area contributed by atoms with Gasteiger partial charge < -0.3 is 10.6 Å². The van der Waals surface area contributed by atoms with Crippen LogP contribution in [0.2, 0.25) is 0 Å². The number of carbonyl (C=O) groups is 2. The highest BCUT2D eigenvalue weighted by Gasteiger charge is 2.61. The second-order valence-corrected chi connectivity index (χ2v) is 11.0. The van der Waals surface area contributed by atoms with Crippen LogP contribution in [0.3, 0.4) is 0 Å². The topological polar surface area (TPSA) is 71.1 Å². The van der Waals surface area contributed by atoms with E-state index in [4.69, 9.17) is 0 Å². The Hall–Kier alpha value is -1.43. The molecule has 2 heterocycles. The van der Waals surface area contributed by atoms with Gasteiger partial charge in [-0.3, -0.25) is 9.59 Å². The summed E-state index contributed by atoms with van der Waals surface area (Å²) in [4.78, 5) is 29.2. The third-order valence-electron chi connectivity index (χ3n) is 9.07.